The van der Waals surface area contributed by atoms with Crippen molar-refractivity contribution in [3.05, 3.63) is 30.5 Å². The first-order chi connectivity index (χ1) is 10.5. The van der Waals surface area contributed by atoms with E-state index in [0.29, 0.717) is 18.5 Å². The molecule has 1 aromatic carbocycles. The second kappa shape index (κ2) is 5.73. The predicted octanol–water partition coefficient (Wildman–Crippen LogP) is 2.31. The molecule has 0 spiro atoms. The molecule has 7 heteroatoms. The van der Waals surface area contributed by atoms with Gasteiger partial charge in [0.05, 0.1) is 6.26 Å². The number of rotatable bonds is 4. The topological polar surface area (TPSA) is 87.8 Å². The van der Waals surface area contributed by atoms with Gasteiger partial charge in [0.2, 0.25) is 10.0 Å². The first-order valence-corrected chi connectivity index (χ1v) is 8.60. The van der Waals surface area contributed by atoms with Gasteiger partial charge >= 0.3 is 5.97 Å². The molecule has 3 rings (SSSR count). The lowest BCUT2D eigenvalue weighted by atomic mass is 9.96. The van der Waals surface area contributed by atoms with Crippen molar-refractivity contribution in [3.8, 4) is 0 Å². The molecule has 0 saturated carbocycles. The van der Waals surface area contributed by atoms with Gasteiger partial charge in [-0.2, -0.15) is 4.31 Å². The van der Waals surface area contributed by atoms with E-state index in [1.807, 2.05) is 0 Å². The Morgan fingerprint density at radius 3 is 2.95 bits per heavy atom. The summed E-state index contributed by atoms with van der Waals surface area (Å²) >= 11 is 0. The Kier molecular flexibility index (Phi) is 3.92. The minimum atomic E-state index is -3.68. The number of fused-ring (bicyclic) bond motifs is 1. The maximum atomic E-state index is 12.8. The average Bonchev–Trinajstić information content (AvgIpc) is 2.95. The Morgan fingerprint density at radius 2 is 2.18 bits per heavy atom. The predicted molar refractivity (Wildman–Crippen MR) is 79.9 cm³/mol. The van der Waals surface area contributed by atoms with Crippen LogP contribution < -0.4 is 0 Å². The molecule has 0 bridgehead atoms. The van der Waals surface area contributed by atoms with E-state index in [4.69, 9.17) is 9.52 Å². The average molecular weight is 323 g/mol. The number of para-hydroxylation sites is 1. The van der Waals surface area contributed by atoms with Crippen molar-refractivity contribution in [2.24, 2.45) is 5.92 Å². The molecule has 1 unspecified atom stereocenters. The van der Waals surface area contributed by atoms with E-state index < -0.39 is 16.0 Å². The van der Waals surface area contributed by atoms with E-state index in [2.05, 4.69) is 0 Å². The van der Waals surface area contributed by atoms with Gasteiger partial charge < -0.3 is 9.52 Å². The van der Waals surface area contributed by atoms with Crippen LogP contribution in [0.4, 0.5) is 0 Å². The molecule has 1 saturated heterocycles. The van der Waals surface area contributed by atoms with E-state index in [-0.39, 0.29) is 23.8 Å². The number of sulfonamides is 1. The summed E-state index contributed by atoms with van der Waals surface area (Å²) in [5, 5.41) is 9.64. The van der Waals surface area contributed by atoms with Crippen LogP contribution in [-0.2, 0) is 14.8 Å². The second-order valence-electron chi connectivity index (χ2n) is 5.56. The summed E-state index contributed by atoms with van der Waals surface area (Å²) in [6.07, 6.45) is 2.87. The van der Waals surface area contributed by atoms with Gasteiger partial charge in [-0.05, 0) is 30.9 Å². The standard InChI is InChI=1S/C15H17NO5S/c17-14(18)9-11-3-2-7-16(10-11)22(19,20)13-5-1-4-12-6-8-21-15(12)13/h1,4-6,8,11H,2-3,7,9-10H2,(H,17,18). The van der Waals surface area contributed by atoms with Crippen molar-refractivity contribution in [2.75, 3.05) is 13.1 Å². The highest BCUT2D eigenvalue weighted by molar-refractivity contribution is 7.89. The third-order valence-corrected chi connectivity index (χ3v) is 5.89. The van der Waals surface area contributed by atoms with E-state index in [0.717, 1.165) is 11.8 Å². The lowest BCUT2D eigenvalue weighted by Gasteiger charge is -2.31. The van der Waals surface area contributed by atoms with Crippen LogP contribution in [-0.4, -0.2) is 36.9 Å². The van der Waals surface area contributed by atoms with Gasteiger partial charge in [0.15, 0.2) is 5.58 Å². The van der Waals surface area contributed by atoms with E-state index in [1.54, 1.807) is 18.2 Å². The lowest BCUT2D eigenvalue weighted by Crippen LogP contribution is -2.40. The number of carboxylic acids is 1. The zero-order valence-corrected chi connectivity index (χ0v) is 12.8. The summed E-state index contributed by atoms with van der Waals surface area (Å²) in [6, 6.07) is 6.73. The van der Waals surface area contributed by atoms with Crippen LogP contribution in [0.2, 0.25) is 0 Å². The van der Waals surface area contributed by atoms with E-state index in [1.165, 1.54) is 16.6 Å². The Hall–Kier alpha value is -1.86. The molecule has 1 N–H and O–H groups in total. The minimum Gasteiger partial charge on any atom is -0.481 e. The summed E-state index contributed by atoms with van der Waals surface area (Å²) in [6.45, 7) is 0.654. The quantitative estimate of drug-likeness (QED) is 0.933. The molecule has 1 aliphatic rings. The molecule has 1 aliphatic heterocycles. The molecule has 0 aliphatic carbocycles. The Morgan fingerprint density at radius 1 is 1.36 bits per heavy atom. The molecule has 2 aromatic rings. The number of benzene rings is 1. The summed E-state index contributed by atoms with van der Waals surface area (Å²) in [7, 11) is -3.68. The number of nitrogens with zero attached hydrogens (tertiary/aromatic N) is 1. The fraction of sp³-hybridized carbons (Fsp3) is 0.400. The zero-order chi connectivity index (χ0) is 15.7. The SMILES string of the molecule is O=C(O)CC1CCCN(S(=O)(=O)c2cccc3ccoc23)C1. The van der Waals surface area contributed by atoms with Crippen molar-refractivity contribution in [1.82, 2.24) is 4.31 Å². The van der Waals surface area contributed by atoms with Gasteiger partial charge in [0.25, 0.3) is 0 Å². The number of carbonyl (C=O) groups is 1. The van der Waals surface area contributed by atoms with Crippen LogP contribution in [0.15, 0.2) is 39.8 Å². The Labute approximate surface area is 128 Å². The highest BCUT2D eigenvalue weighted by Gasteiger charge is 2.32. The molecule has 6 nitrogen and oxygen atoms in total. The third-order valence-electron chi connectivity index (χ3n) is 4.01. The van der Waals surface area contributed by atoms with Crippen molar-refractivity contribution < 1.29 is 22.7 Å². The zero-order valence-electron chi connectivity index (χ0n) is 11.9. The number of furan rings is 1. The molecule has 0 radical (unpaired) electrons. The Bertz CT molecular complexity index is 795. The molecule has 1 fully saturated rings. The number of aliphatic carboxylic acids is 1. The summed E-state index contributed by atoms with van der Waals surface area (Å²) in [4.78, 5) is 11.0. The van der Waals surface area contributed by atoms with Crippen LogP contribution in [0, 0.1) is 5.92 Å². The number of hydrogen-bond acceptors (Lipinski definition) is 4. The summed E-state index contributed by atoms with van der Waals surface area (Å²) in [5.41, 5.74) is 0.350. The lowest BCUT2D eigenvalue weighted by molar-refractivity contribution is -0.138. The van der Waals surface area contributed by atoms with Crippen molar-refractivity contribution in [1.29, 1.82) is 0 Å². The van der Waals surface area contributed by atoms with Crippen LogP contribution in [0.5, 0.6) is 0 Å². The third kappa shape index (κ3) is 2.74. The van der Waals surface area contributed by atoms with E-state index >= 15 is 0 Å². The van der Waals surface area contributed by atoms with Gasteiger partial charge in [-0.3, -0.25) is 4.79 Å². The highest BCUT2D eigenvalue weighted by atomic mass is 32.2. The minimum absolute atomic E-state index is 0.00300. The van der Waals surface area contributed by atoms with Gasteiger partial charge in [-0.25, -0.2) is 8.42 Å². The summed E-state index contributed by atoms with van der Waals surface area (Å²) in [5.74, 6) is -1.03. The normalized spacial score (nSPS) is 20.3. The van der Waals surface area contributed by atoms with E-state index in [9.17, 15) is 13.2 Å². The summed E-state index contributed by atoms with van der Waals surface area (Å²) < 4.78 is 32.4. The molecule has 0 amide bonds. The maximum Gasteiger partial charge on any atom is 0.303 e. The smallest absolute Gasteiger partial charge is 0.303 e. The molecule has 1 atom stereocenters. The van der Waals surface area contributed by atoms with Crippen LogP contribution in [0.3, 0.4) is 0 Å². The van der Waals surface area contributed by atoms with Gasteiger partial charge in [0, 0.05) is 24.9 Å². The molecule has 22 heavy (non-hydrogen) atoms. The van der Waals surface area contributed by atoms with Crippen LogP contribution >= 0.6 is 0 Å². The van der Waals surface area contributed by atoms with Gasteiger partial charge in [-0.15, -0.1) is 0 Å². The number of carboxylic acid groups (broad SMARTS) is 1. The number of hydrogen-bond donors (Lipinski definition) is 1. The molecule has 2 heterocycles. The van der Waals surface area contributed by atoms with Crippen molar-refractivity contribution >= 4 is 27.0 Å². The first kappa shape index (κ1) is 15.1. The molecular formula is C15H17NO5S. The fourth-order valence-electron chi connectivity index (χ4n) is 2.97. The monoisotopic (exact) mass is 323 g/mol. The number of piperidine rings is 1. The fourth-order valence-corrected chi connectivity index (χ4v) is 4.67. The first-order valence-electron chi connectivity index (χ1n) is 7.16. The highest BCUT2D eigenvalue weighted by Crippen LogP contribution is 2.30. The van der Waals surface area contributed by atoms with Crippen molar-refractivity contribution in [2.45, 2.75) is 24.2 Å². The van der Waals surface area contributed by atoms with Crippen LogP contribution in [0.1, 0.15) is 19.3 Å². The van der Waals surface area contributed by atoms with Gasteiger partial charge in [-0.1, -0.05) is 12.1 Å². The van der Waals surface area contributed by atoms with Crippen molar-refractivity contribution in [3.63, 3.8) is 0 Å². The maximum absolute atomic E-state index is 12.8. The molecular weight excluding hydrogens is 306 g/mol. The molecule has 1 aromatic heterocycles. The van der Waals surface area contributed by atoms with Crippen LogP contribution in [0.25, 0.3) is 11.0 Å². The largest absolute Gasteiger partial charge is 0.481 e. The molecule has 118 valence electrons. The Balaban J connectivity index is 1.92. The van der Waals surface area contributed by atoms with Gasteiger partial charge in [0.1, 0.15) is 4.90 Å². The second-order valence-corrected chi connectivity index (χ2v) is 7.47.